The van der Waals surface area contributed by atoms with Gasteiger partial charge in [0, 0.05) is 17.6 Å². The van der Waals surface area contributed by atoms with Crippen LogP contribution >= 0.6 is 34.5 Å². The maximum atomic E-state index is 6.25. The predicted octanol–water partition coefficient (Wildman–Crippen LogP) is 5.30. The van der Waals surface area contributed by atoms with E-state index >= 15 is 0 Å². The molecule has 0 bridgehead atoms. The fraction of sp³-hybridized carbons (Fsp3) is 0.0625. The summed E-state index contributed by atoms with van der Waals surface area (Å²) in [6.07, 6.45) is 1.96. The average molecular weight is 364 g/mol. The van der Waals surface area contributed by atoms with Crippen LogP contribution in [0.4, 0.5) is 5.69 Å². The number of anilines is 1. The minimum Gasteiger partial charge on any atom is -0.398 e. The van der Waals surface area contributed by atoms with E-state index in [1.54, 1.807) is 0 Å². The molecule has 7 heteroatoms. The van der Waals surface area contributed by atoms with Crippen molar-refractivity contribution in [3.05, 3.63) is 57.6 Å². The van der Waals surface area contributed by atoms with Crippen molar-refractivity contribution in [1.29, 1.82) is 0 Å². The molecule has 0 saturated heterocycles. The first-order chi connectivity index (χ1) is 11.1. The quantitative estimate of drug-likeness (QED) is 0.502. The lowest BCUT2D eigenvalue weighted by molar-refractivity contribution is 0.422. The van der Waals surface area contributed by atoms with Crippen molar-refractivity contribution in [3.63, 3.8) is 0 Å². The minimum absolute atomic E-state index is 0.579. The summed E-state index contributed by atoms with van der Waals surface area (Å²) >= 11 is 13.7. The zero-order chi connectivity index (χ0) is 16.0. The van der Waals surface area contributed by atoms with Gasteiger partial charge in [0.1, 0.15) is 5.69 Å². The van der Waals surface area contributed by atoms with Crippen LogP contribution in [0, 0.1) is 0 Å². The number of nitrogens with zero attached hydrogens (tertiary/aromatic N) is 2. The van der Waals surface area contributed by atoms with Gasteiger partial charge in [0.2, 0.25) is 0 Å². The highest BCUT2D eigenvalue weighted by molar-refractivity contribution is 7.19. The monoisotopic (exact) mass is 363 g/mol. The van der Waals surface area contributed by atoms with Gasteiger partial charge in [-0.3, -0.25) is 0 Å². The molecule has 0 aliphatic carbocycles. The van der Waals surface area contributed by atoms with Gasteiger partial charge in [-0.05, 0) is 30.3 Å². The zero-order valence-electron chi connectivity index (χ0n) is 11.8. The Morgan fingerprint density at radius 3 is 2.83 bits per heavy atom. The second-order valence-electron chi connectivity index (χ2n) is 5.13. The number of rotatable bonds is 3. The molecule has 2 N–H and O–H groups in total. The number of aromatic nitrogens is 2. The number of hydrogen-bond donors (Lipinski definition) is 1. The van der Waals surface area contributed by atoms with E-state index in [2.05, 4.69) is 9.72 Å². The Kier molecular flexibility index (Phi) is 3.56. The Hall–Kier alpha value is -1.95. The van der Waals surface area contributed by atoms with E-state index in [0.717, 1.165) is 31.6 Å². The van der Waals surface area contributed by atoms with Crippen LogP contribution in [0.3, 0.4) is 0 Å². The van der Waals surface area contributed by atoms with Gasteiger partial charge < -0.3 is 14.8 Å². The van der Waals surface area contributed by atoms with Gasteiger partial charge in [-0.15, -0.1) is 11.3 Å². The third-order valence-corrected chi connectivity index (χ3v) is 5.29. The first-order valence-corrected chi connectivity index (χ1v) is 8.43. The zero-order valence-corrected chi connectivity index (χ0v) is 14.1. The number of benzene rings is 1. The number of nitrogens with two attached hydrogens (primary N) is 1. The molecule has 4 rings (SSSR count). The highest BCUT2D eigenvalue weighted by atomic mass is 35.5. The van der Waals surface area contributed by atoms with E-state index in [1.165, 1.54) is 11.3 Å². The van der Waals surface area contributed by atoms with Crippen molar-refractivity contribution in [2.24, 2.45) is 0 Å². The van der Waals surface area contributed by atoms with Crippen molar-refractivity contribution in [3.8, 4) is 10.6 Å². The van der Waals surface area contributed by atoms with Gasteiger partial charge in [-0.2, -0.15) is 0 Å². The van der Waals surface area contributed by atoms with Crippen LogP contribution in [-0.2, 0) is 6.54 Å². The molecule has 23 heavy (non-hydrogen) atoms. The number of nitrogen functional groups attached to an aromatic ring is 1. The lowest BCUT2D eigenvalue weighted by Crippen LogP contribution is -1.98. The van der Waals surface area contributed by atoms with Crippen molar-refractivity contribution in [2.45, 2.75) is 6.54 Å². The molecule has 0 unspecified atom stereocenters. The van der Waals surface area contributed by atoms with Crippen molar-refractivity contribution < 1.29 is 4.52 Å². The molecular formula is C16H11Cl2N3OS. The Morgan fingerprint density at radius 2 is 2.04 bits per heavy atom. The van der Waals surface area contributed by atoms with Crippen molar-refractivity contribution in [2.75, 3.05) is 5.73 Å². The summed E-state index contributed by atoms with van der Waals surface area (Å²) in [4.78, 5) is 0.960. The molecular weight excluding hydrogens is 353 g/mol. The molecule has 0 fully saturated rings. The largest absolute Gasteiger partial charge is 0.398 e. The standard InChI is InChI=1S/C16H11Cl2N3OS/c17-15-4-3-14(23-15)13-7-9(20-22-13)8-21-6-5-10-12(21)2-1-11(19)16(10)18/h1-7H,8,19H2. The summed E-state index contributed by atoms with van der Waals surface area (Å²) in [5.74, 6) is 0.718. The lowest BCUT2D eigenvalue weighted by Gasteiger charge is -2.04. The van der Waals surface area contributed by atoms with Crippen LogP contribution in [0.1, 0.15) is 5.69 Å². The molecule has 0 spiro atoms. The second kappa shape index (κ2) is 5.60. The maximum Gasteiger partial charge on any atom is 0.177 e. The van der Waals surface area contributed by atoms with Crippen LogP contribution in [0.2, 0.25) is 9.36 Å². The Morgan fingerprint density at radius 1 is 1.17 bits per heavy atom. The van der Waals surface area contributed by atoms with E-state index in [9.17, 15) is 0 Å². The van der Waals surface area contributed by atoms with Gasteiger partial charge in [0.05, 0.1) is 32.0 Å². The predicted molar refractivity (Wildman–Crippen MR) is 95.3 cm³/mol. The summed E-state index contributed by atoms with van der Waals surface area (Å²) in [7, 11) is 0. The summed E-state index contributed by atoms with van der Waals surface area (Å²) < 4.78 is 8.19. The summed E-state index contributed by atoms with van der Waals surface area (Å²) in [6.45, 7) is 0.590. The highest BCUT2D eigenvalue weighted by Crippen LogP contribution is 2.32. The van der Waals surface area contributed by atoms with Crippen LogP contribution in [0.25, 0.3) is 21.5 Å². The topological polar surface area (TPSA) is 57.0 Å². The highest BCUT2D eigenvalue weighted by Gasteiger charge is 2.12. The molecule has 0 saturated carbocycles. The molecule has 4 aromatic rings. The Balaban J connectivity index is 1.66. The smallest absolute Gasteiger partial charge is 0.177 e. The number of thiophene rings is 1. The van der Waals surface area contributed by atoms with Gasteiger partial charge in [0.15, 0.2) is 5.76 Å². The maximum absolute atomic E-state index is 6.25. The molecule has 0 radical (unpaired) electrons. The first-order valence-electron chi connectivity index (χ1n) is 6.86. The van der Waals surface area contributed by atoms with E-state index < -0.39 is 0 Å². The molecule has 1 aromatic carbocycles. The van der Waals surface area contributed by atoms with Crippen molar-refractivity contribution in [1.82, 2.24) is 9.72 Å². The van der Waals surface area contributed by atoms with Gasteiger partial charge in [-0.25, -0.2) is 0 Å². The average Bonchev–Trinajstić information content (AvgIpc) is 3.24. The first kappa shape index (κ1) is 14.6. The summed E-state index contributed by atoms with van der Waals surface area (Å²) in [5.41, 5.74) is 8.25. The van der Waals surface area contributed by atoms with E-state index in [0.29, 0.717) is 17.3 Å². The lowest BCUT2D eigenvalue weighted by atomic mass is 10.2. The van der Waals surface area contributed by atoms with Crippen LogP contribution in [-0.4, -0.2) is 9.72 Å². The molecule has 0 atom stereocenters. The van der Waals surface area contributed by atoms with Gasteiger partial charge in [-0.1, -0.05) is 28.4 Å². The second-order valence-corrected chi connectivity index (χ2v) is 7.22. The summed E-state index contributed by atoms with van der Waals surface area (Å²) in [5, 5.41) is 5.64. The van der Waals surface area contributed by atoms with Gasteiger partial charge in [0.25, 0.3) is 0 Å². The number of fused-ring (bicyclic) bond motifs is 1. The summed E-state index contributed by atoms with van der Waals surface area (Å²) in [6, 6.07) is 11.4. The number of halogens is 2. The van der Waals surface area contributed by atoms with Gasteiger partial charge >= 0.3 is 0 Å². The molecule has 116 valence electrons. The van der Waals surface area contributed by atoms with E-state index in [1.807, 2.05) is 42.6 Å². The van der Waals surface area contributed by atoms with Crippen LogP contribution in [0.15, 0.2) is 47.1 Å². The minimum atomic E-state index is 0.579. The molecule has 0 amide bonds. The third-order valence-electron chi connectivity index (χ3n) is 3.62. The fourth-order valence-electron chi connectivity index (χ4n) is 2.51. The normalized spacial score (nSPS) is 11.4. The molecule has 0 aliphatic rings. The molecule has 3 heterocycles. The van der Waals surface area contributed by atoms with E-state index in [4.69, 9.17) is 33.5 Å². The van der Waals surface area contributed by atoms with Crippen molar-refractivity contribution >= 4 is 51.1 Å². The molecule has 0 aliphatic heterocycles. The third kappa shape index (κ3) is 2.61. The van der Waals surface area contributed by atoms with Crippen LogP contribution in [0.5, 0.6) is 0 Å². The van der Waals surface area contributed by atoms with Crippen LogP contribution < -0.4 is 5.73 Å². The molecule has 4 nitrogen and oxygen atoms in total. The molecule has 3 aromatic heterocycles. The van der Waals surface area contributed by atoms with E-state index in [-0.39, 0.29) is 0 Å². The number of hydrogen-bond acceptors (Lipinski definition) is 4. The Labute approximate surface area is 146 Å². The Bertz CT molecular complexity index is 1000. The fourth-order valence-corrected chi connectivity index (χ4v) is 3.73. The SMILES string of the molecule is Nc1ccc2c(ccn2Cc2cc(-c3ccc(Cl)s3)on2)c1Cl.